The molecule has 2 heteroatoms. The van der Waals surface area contributed by atoms with Gasteiger partial charge in [0.15, 0.2) is 0 Å². The molecular weight excluding hydrogens is 208 g/mol. The maximum atomic E-state index is 2.74. The molecule has 3 fully saturated rings. The summed E-state index contributed by atoms with van der Waals surface area (Å²) in [5.41, 5.74) is 0.454. The first-order valence-corrected chi connectivity index (χ1v) is 7.57. The van der Waals surface area contributed by atoms with Gasteiger partial charge in [-0.1, -0.05) is 20.3 Å². The molecule has 0 aromatic rings. The molecule has 17 heavy (non-hydrogen) atoms. The second-order valence-electron chi connectivity index (χ2n) is 6.75. The smallest absolute Gasteiger partial charge is 0.0769 e. The summed E-state index contributed by atoms with van der Waals surface area (Å²) in [6, 6.07) is 0.839. The van der Waals surface area contributed by atoms with E-state index in [2.05, 4.69) is 37.7 Å². The summed E-state index contributed by atoms with van der Waals surface area (Å²) in [6.07, 6.45) is 7.09. The van der Waals surface area contributed by atoms with Gasteiger partial charge >= 0.3 is 0 Å². The number of likely N-dealkylation sites (tertiary alicyclic amines) is 2. The van der Waals surface area contributed by atoms with E-state index in [4.69, 9.17) is 0 Å². The van der Waals surface area contributed by atoms with Crippen molar-refractivity contribution < 1.29 is 0 Å². The minimum Gasteiger partial charge on any atom is -0.288 e. The fourth-order valence-corrected chi connectivity index (χ4v) is 5.18. The van der Waals surface area contributed by atoms with Crippen molar-refractivity contribution in [2.24, 2.45) is 17.8 Å². The Kier molecular flexibility index (Phi) is 2.79. The van der Waals surface area contributed by atoms with Crippen LogP contribution in [0.25, 0.3) is 0 Å². The van der Waals surface area contributed by atoms with Crippen LogP contribution in [0.1, 0.15) is 46.0 Å². The Bertz CT molecular complexity index is 303. The molecule has 0 spiro atoms. The number of hydrogen-bond donors (Lipinski definition) is 0. The van der Waals surface area contributed by atoms with E-state index in [0.29, 0.717) is 5.66 Å². The summed E-state index contributed by atoms with van der Waals surface area (Å²) in [5, 5.41) is 0. The highest BCUT2D eigenvalue weighted by molar-refractivity contribution is 5.15. The van der Waals surface area contributed by atoms with Gasteiger partial charge in [0.05, 0.1) is 5.66 Å². The standard InChI is InChI=1S/C15H28N2/c1-5-11-7-14-12-8-13(6-2)17(4)15(14,9-12)16(3)10-11/h11-14H,5-10H2,1-4H3. The monoisotopic (exact) mass is 236 g/mol. The molecule has 1 saturated carbocycles. The van der Waals surface area contributed by atoms with Crippen molar-refractivity contribution >= 4 is 0 Å². The highest BCUT2D eigenvalue weighted by Crippen LogP contribution is 2.60. The summed E-state index contributed by atoms with van der Waals surface area (Å²) in [7, 11) is 4.76. The van der Waals surface area contributed by atoms with Gasteiger partial charge in [-0.05, 0) is 57.5 Å². The highest BCUT2D eigenvalue weighted by Gasteiger charge is 2.64. The second-order valence-corrected chi connectivity index (χ2v) is 6.75. The Morgan fingerprint density at radius 3 is 2.53 bits per heavy atom. The van der Waals surface area contributed by atoms with Gasteiger partial charge < -0.3 is 0 Å². The van der Waals surface area contributed by atoms with Crippen molar-refractivity contribution in [1.29, 1.82) is 0 Å². The predicted molar refractivity (Wildman–Crippen MR) is 71.8 cm³/mol. The molecular formula is C15H28N2. The number of rotatable bonds is 2. The molecule has 0 aromatic carbocycles. The van der Waals surface area contributed by atoms with Crippen LogP contribution in [0, 0.1) is 17.8 Å². The molecule has 2 heterocycles. The summed E-state index contributed by atoms with van der Waals surface area (Å²) in [6.45, 7) is 6.04. The molecule has 0 amide bonds. The normalized spacial score (nSPS) is 50.8. The van der Waals surface area contributed by atoms with Crippen LogP contribution in [-0.4, -0.2) is 42.1 Å². The van der Waals surface area contributed by atoms with Crippen LogP contribution >= 0.6 is 0 Å². The Labute approximate surface area is 106 Å². The molecule has 0 N–H and O–H groups in total. The van der Waals surface area contributed by atoms with Gasteiger partial charge in [0.25, 0.3) is 0 Å². The van der Waals surface area contributed by atoms with E-state index < -0.39 is 0 Å². The lowest BCUT2D eigenvalue weighted by Gasteiger charge is -2.72. The molecule has 0 aromatic heterocycles. The lowest BCUT2D eigenvalue weighted by molar-refractivity contribution is -0.257. The van der Waals surface area contributed by atoms with Crippen LogP contribution < -0.4 is 0 Å². The van der Waals surface area contributed by atoms with Crippen LogP contribution in [0.5, 0.6) is 0 Å². The second kappa shape index (κ2) is 3.96. The quantitative estimate of drug-likeness (QED) is 0.727. The fraction of sp³-hybridized carbons (Fsp3) is 1.00. The first-order valence-electron chi connectivity index (χ1n) is 7.57. The molecule has 5 atom stereocenters. The van der Waals surface area contributed by atoms with Crippen molar-refractivity contribution in [3.63, 3.8) is 0 Å². The lowest BCUT2D eigenvalue weighted by Crippen LogP contribution is -2.79. The van der Waals surface area contributed by atoms with Crippen molar-refractivity contribution in [1.82, 2.24) is 9.80 Å². The number of nitrogens with zero attached hydrogens (tertiary/aromatic N) is 2. The maximum Gasteiger partial charge on any atom is 0.0769 e. The third-order valence-electron chi connectivity index (χ3n) is 6.29. The Balaban J connectivity index is 1.85. The molecule has 2 bridgehead atoms. The van der Waals surface area contributed by atoms with E-state index in [-0.39, 0.29) is 0 Å². The Morgan fingerprint density at radius 1 is 1.12 bits per heavy atom. The van der Waals surface area contributed by atoms with Crippen molar-refractivity contribution in [3.05, 3.63) is 0 Å². The molecule has 2 aliphatic heterocycles. The summed E-state index contributed by atoms with van der Waals surface area (Å²) >= 11 is 0. The van der Waals surface area contributed by atoms with Gasteiger partial charge in [0.2, 0.25) is 0 Å². The summed E-state index contributed by atoms with van der Waals surface area (Å²) in [4.78, 5) is 5.44. The van der Waals surface area contributed by atoms with Crippen LogP contribution in [-0.2, 0) is 0 Å². The van der Waals surface area contributed by atoms with E-state index >= 15 is 0 Å². The van der Waals surface area contributed by atoms with Gasteiger partial charge in [0, 0.05) is 12.6 Å². The lowest BCUT2D eigenvalue weighted by atomic mass is 9.52. The number of piperidine rings is 3. The van der Waals surface area contributed by atoms with Crippen LogP contribution in [0.3, 0.4) is 0 Å². The van der Waals surface area contributed by atoms with Gasteiger partial charge in [-0.2, -0.15) is 0 Å². The zero-order valence-corrected chi connectivity index (χ0v) is 11.9. The van der Waals surface area contributed by atoms with Gasteiger partial charge in [-0.25, -0.2) is 0 Å². The molecule has 5 unspecified atom stereocenters. The first kappa shape index (κ1) is 12.0. The minimum absolute atomic E-state index is 0.454. The van der Waals surface area contributed by atoms with E-state index in [1.54, 1.807) is 0 Å². The molecule has 2 saturated heterocycles. The van der Waals surface area contributed by atoms with Crippen molar-refractivity contribution in [3.8, 4) is 0 Å². The number of hydrogen-bond acceptors (Lipinski definition) is 2. The highest BCUT2D eigenvalue weighted by atomic mass is 15.4. The average molecular weight is 236 g/mol. The maximum absolute atomic E-state index is 2.74. The van der Waals surface area contributed by atoms with Gasteiger partial charge in [0.1, 0.15) is 0 Å². The van der Waals surface area contributed by atoms with Crippen molar-refractivity contribution in [2.75, 3.05) is 20.6 Å². The molecule has 3 aliphatic rings. The molecule has 98 valence electrons. The van der Waals surface area contributed by atoms with E-state index in [1.807, 2.05) is 0 Å². The molecule has 1 aliphatic carbocycles. The van der Waals surface area contributed by atoms with E-state index in [9.17, 15) is 0 Å². The minimum atomic E-state index is 0.454. The summed E-state index contributed by atoms with van der Waals surface area (Å²) in [5.74, 6) is 2.96. The van der Waals surface area contributed by atoms with Gasteiger partial charge in [-0.3, -0.25) is 9.80 Å². The third kappa shape index (κ3) is 1.40. The van der Waals surface area contributed by atoms with E-state index in [1.165, 1.54) is 38.6 Å². The summed E-state index contributed by atoms with van der Waals surface area (Å²) < 4.78 is 0. The average Bonchev–Trinajstić information content (AvgIpc) is 2.32. The SMILES string of the molecule is CCC1CC2C3CC(CC)N(C)C2(C3)N(C)C1. The van der Waals surface area contributed by atoms with E-state index in [0.717, 1.165) is 23.8 Å². The fourth-order valence-electron chi connectivity index (χ4n) is 5.18. The largest absolute Gasteiger partial charge is 0.288 e. The zero-order chi connectivity index (χ0) is 12.2. The molecule has 3 rings (SSSR count). The van der Waals surface area contributed by atoms with Crippen LogP contribution in [0.15, 0.2) is 0 Å². The molecule has 0 radical (unpaired) electrons. The Hall–Kier alpha value is -0.0800. The zero-order valence-electron chi connectivity index (χ0n) is 11.9. The predicted octanol–water partition coefficient (Wildman–Crippen LogP) is 2.79. The van der Waals surface area contributed by atoms with Crippen molar-refractivity contribution in [2.45, 2.75) is 57.7 Å². The van der Waals surface area contributed by atoms with Gasteiger partial charge in [-0.15, -0.1) is 0 Å². The topological polar surface area (TPSA) is 6.48 Å². The van der Waals surface area contributed by atoms with Crippen LogP contribution in [0.2, 0.25) is 0 Å². The third-order valence-corrected chi connectivity index (χ3v) is 6.29. The first-order chi connectivity index (χ1) is 8.13. The Morgan fingerprint density at radius 2 is 1.88 bits per heavy atom. The van der Waals surface area contributed by atoms with Crippen LogP contribution in [0.4, 0.5) is 0 Å². The molecule has 2 nitrogen and oxygen atoms in total.